The van der Waals surface area contributed by atoms with Crippen molar-refractivity contribution in [3.8, 4) is 6.07 Å². The highest BCUT2D eigenvalue weighted by Gasteiger charge is 2.11. The van der Waals surface area contributed by atoms with Crippen LogP contribution in [0.2, 0.25) is 0 Å². The third-order valence-corrected chi connectivity index (χ3v) is 2.90. The molecule has 0 aliphatic carbocycles. The van der Waals surface area contributed by atoms with Gasteiger partial charge in [0.05, 0.1) is 11.3 Å². The number of nitriles is 1. The summed E-state index contributed by atoms with van der Waals surface area (Å²) in [7, 11) is 0. The average molecular weight is 226 g/mol. The van der Waals surface area contributed by atoms with Crippen molar-refractivity contribution in [3.05, 3.63) is 10.5 Å². The molecular weight excluding hydrogens is 212 g/mol. The van der Waals surface area contributed by atoms with Crippen LogP contribution in [0.1, 0.15) is 26.7 Å². The molecule has 5 nitrogen and oxygen atoms in total. The first-order valence-corrected chi connectivity index (χ1v) is 5.78. The minimum Gasteiger partial charge on any atom is -0.270 e. The summed E-state index contributed by atoms with van der Waals surface area (Å²) in [5, 5.41) is 15.4. The summed E-state index contributed by atoms with van der Waals surface area (Å²) >= 11 is 1.30. The van der Waals surface area contributed by atoms with Gasteiger partial charge in [-0.15, -0.1) is 5.10 Å². The maximum Gasteiger partial charge on any atom is 0.343 e. The highest BCUT2D eigenvalue weighted by Crippen LogP contribution is 2.18. The second-order valence-corrected chi connectivity index (χ2v) is 4.51. The lowest BCUT2D eigenvalue weighted by Crippen LogP contribution is -2.17. The topological polar surface area (TPSA) is 74.5 Å². The van der Waals surface area contributed by atoms with Gasteiger partial charge in [-0.3, -0.25) is 4.57 Å². The molecule has 0 aromatic carbocycles. The van der Waals surface area contributed by atoms with Crippen LogP contribution in [-0.4, -0.2) is 20.0 Å². The van der Waals surface area contributed by atoms with Gasteiger partial charge in [0.15, 0.2) is 5.16 Å². The van der Waals surface area contributed by atoms with Crippen molar-refractivity contribution in [2.45, 2.75) is 43.6 Å². The van der Waals surface area contributed by atoms with E-state index in [0.29, 0.717) is 11.7 Å². The Kier molecular flexibility index (Phi) is 4.43. The maximum absolute atomic E-state index is 11.4. The van der Waals surface area contributed by atoms with Crippen LogP contribution >= 0.6 is 11.8 Å². The van der Waals surface area contributed by atoms with Gasteiger partial charge in [-0.05, 0) is 13.3 Å². The molecule has 0 aliphatic rings. The Morgan fingerprint density at radius 3 is 3.07 bits per heavy atom. The van der Waals surface area contributed by atoms with E-state index in [1.165, 1.54) is 11.8 Å². The molecule has 0 spiro atoms. The van der Waals surface area contributed by atoms with Crippen LogP contribution in [0.3, 0.4) is 0 Å². The van der Waals surface area contributed by atoms with E-state index in [2.05, 4.69) is 23.2 Å². The van der Waals surface area contributed by atoms with E-state index in [-0.39, 0.29) is 10.9 Å². The molecular formula is C9H14N4OS. The predicted octanol–water partition coefficient (Wildman–Crippen LogP) is 1.38. The van der Waals surface area contributed by atoms with Crippen molar-refractivity contribution in [1.82, 2.24) is 14.8 Å². The number of rotatable bonds is 5. The SMILES string of the molecule is CCCCn1c(SC(C)C#N)n[nH]c1=O. The lowest BCUT2D eigenvalue weighted by Gasteiger charge is -2.04. The Hall–Kier alpha value is -1.22. The van der Waals surface area contributed by atoms with E-state index in [0.717, 1.165) is 12.8 Å². The minimum atomic E-state index is -0.198. The first-order valence-electron chi connectivity index (χ1n) is 4.90. The number of thioether (sulfide) groups is 1. The Balaban J connectivity index is 2.80. The van der Waals surface area contributed by atoms with Crippen LogP contribution in [0.5, 0.6) is 0 Å². The van der Waals surface area contributed by atoms with E-state index < -0.39 is 0 Å². The smallest absolute Gasteiger partial charge is 0.270 e. The molecule has 1 rings (SSSR count). The summed E-state index contributed by atoms with van der Waals surface area (Å²) in [6.07, 6.45) is 1.96. The summed E-state index contributed by atoms with van der Waals surface area (Å²) in [6.45, 7) is 4.51. The Labute approximate surface area is 92.5 Å². The van der Waals surface area contributed by atoms with Gasteiger partial charge in [0.2, 0.25) is 0 Å². The molecule has 1 aromatic heterocycles. The van der Waals surface area contributed by atoms with Crippen molar-refractivity contribution >= 4 is 11.8 Å². The van der Waals surface area contributed by atoms with Gasteiger partial charge in [-0.1, -0.05) is 25.1 Å². The van der Waals surface area contributed by atoms with Crippen molar-refractivity contribution in [2.24, 2.45) is 0 Å². The lowest BCUT2D eigenvalue weighted by molar-refractivity contribution is 0.572. The van der Waals surface area contributed by atoms with Gasteiger partial charge in [-0.25, -0.2) is 9.89 Å². The second-order valence-electron chi connectivity index (χ2n) is 3.21. The van der Waals surface area contributed by atoms with E-state index in [9.17, 15) is 4.79 Å². The molecule has 0 bridgehead atoms. The van der Waals surface area contributed by atoms with Crippen LogP contribution in [-0.2, 0) is 6.54 Å². The Morgan fingerprint density at radius 1 is 1.73 bits per heavy atom. The molecule has 1 aromatic rings. The zero-order valence-corrected chi connectivity index (χ0v) is 9.67. The first kappa shape index (κ1) is 11.9. The molecule has 6 heteroatoms. The molecule has 0 aliphatic heterocycles. The molecule has 1 atom stereocenters. The average Bonchev–Trinajstić information content (AvgIpc) is 2.57. The molecule has 0 saturated carbocycles. The van der Waals surface area contributed by atoms with Crippen molar-refractivity contribution < 1.29 is 0 Å². The van der Waals surface area contributed by atoms with Crippen LogP contribution in [0, 0.1) is 11.3 Å². The molecule has 1 unspecified atom stereocenters. The third kappa shape index (κ3) is 3.13. The number of H-pyrrole nitrogens is 1. The third-order valence-electron chi connectivity index (χ3n) is 1.92. The molecule has 0 amide bonds. The summed E-state index contributed by atoms with van der Waals surface area (Å²) in [4.78, 5) is 11.4. The van der Waals surface area contributed by atoms with Crippen LogP contribution < -0.4 is 5.69 Å². The summed E-state index contributed by atoms with van der Waals surface area (Å²) < 4.78 is 1.59. The van der Waals surface area contributed by atoms with Crippen molar-refractivity contribution in [1.29, 1.82) is 5.26 Å². The molecule has 82 valence electrons. The quantitative estimate of drug-likeness (QED) is 0.769. The standard InChI is InChI=1S/C9H14N4OS/c1-3-4-5-13-8(14)11-12-9(13)15-7(2)6-10/h7H,3-5H2,1-2H3,(H,11,14). The lowest BCUT2D eigenvalue weighted by atomic mass is 10.3. The Bertz CT molecular complexity index is 403. The van der Waals surface area contributed by atoms with Crippen molar-refractivity contribution in [3.63, 3.8) is 0 Å². The summed E-state index contributed by atoms with van der Waals surface area (Å²) in [5.41, 5.74) is -0.198. The molecule has 0 radical (unpaired) electrons. The van der Waals surface area contributed by atoms with Gasteiger partial charge in [-0.2, -0.15) is 5.26 Å². The maximum atomic E-state index is 11.4. The summed E-state index contributed by atoms with van der Waals surface area (Å²) in [5.74, 6) is 0. The van der Waals surface area contributed by atoms with E-state index >= 15 is 0 Å². The normalized spacial score (nSPS) is 12.3. The van der Waals surface area contributed by atoms with Crippen molar-refractivity contribution in [2.75, 3.05) is 0 Å². The Morgan fingerprint density at radius 2 is 2.47 bits per heavy atom. The van der Waals surface area contributed by atoms with E-state index in [1.54, 1.807) is 11.5 Å². The number of aromatic amines is 1. The fourth-order valence-electron chi connectivity index (χ4n) is 1.09. The van der Waals surface area contributed by atoms with Crippen LogP contribution in [0.25, 0.3) is 0 Å². The number of hydrogen-bond acceptors (Lipinski definition) is 4. The van der Waals surface area contributed by atoms with Gasteiger partial charge >= 0.3 is 5.69 Å². The van der Waals surface area contributed by atoms with E-state index in [1.807, 2.05) is 0 Å². The number of nitrogens with one attached hydrogen (secondary N) is 1. The van der Waals surface area contributed by atoms with Gasteiger partial charge in [0, 0.05) is 6.54 Å². The largest absolute Gasteiger partial charge is 0.343 e. The van der Waals surface area contributed by atoms with Gasteiger partial charge in [0.25, 0.3) is 0 Å². The molecule has 1 N–H and O–H groups in total. The molecule has 1 heterocycles. The fourth-order valence-corrected chi connectivity index (χ4v) is 1.86. The monoisotopic (exact) mass is 226 g/mol. The van der Waals surface area contributed by atoms with E-state index in [4.69, 9.17) is 5.26 Å². The van der Waals surface area contributed by atoms with Crippen LogP contribution in [0.4, 0.5) is 0 Å². The number of unbranched alkanes of at least 4 members (excludes halogenated alkanes) is 1. The van der Waals surface area contributed by atoms with Gasteiger partial charge in [0.1, 0.15) is 0 Å². The zero-order chi connectivity index (χ0) is 11.3. The number of hydrogen-bond donors (Lipinski definition) is 1. The number of aromatic nitrogens is 3. The summed E-state index contributed by atoms with van der Waals surface area (Å²) in [6, 6.07) is 2.10. The molecule has 15 heavy (non-hydrogen) atoms. The molecule has 0 fully saturated rings. The first-order chi connectivity index (χ1) is 7.19. The second kappa shape index (κ2) is 5.61. The highest BCUT2D eigenvalue weighted by molar-refractivity contribution is 8.00. The predicted molar refractivity (Wildman–Crippen MR) is 58.7 cm³/mol. The van der Waals surface area contributed by atoms with Crippen LogP contribution in [0.15, 0.2) is 9.95 Å². The fraction of sp³-hybridized carbons (Fsp3) is 0.667. The molecule has 0 saturated heterocycles. The number of nitrogens with zero attached hydrogens (tertiary/aromatic N) is 3. The minimum absolute atomic E-state index is 0.194. The van der Waals surface area contributed by atoms with Gasteiger partial charge < -0.3 is 0 Å². The highest BCUT2D eigenvalue weighted by atomic mass is 32.2. The zero-order valence-electron chi connectivity index (χ0n) is 8.86.